The van der Waals surface area contributed by atoms with E-state index in [4.69, 9.17) is 4.74 Å². The summed E-state index contributed by atoms with van der Waals surface area (Å²) in [6.45, 7) is 0.496. The van der Waals surface area contributed by atoms with Gasteiger partial charge in [-0.3, -0.25) is 9.36 Å². The van der Waals surface area contributed by atoms with Crippen LogP contribution in [0.4, 0.5) is 4.39 Å². The van der Waals surface area contributed by atoms with Gasteiger partial charge in [0.2, 0.25) is 5.91 Å². The molecule has 3 aromatic carbocycles. The van der Waals surface area contributed by atoms with E-state index in [9.17, 15) is 9.18 Å². The van der Waals surface area contributed by atoms with E-state index < -0.39 is 0 Å². The number of amides is 1. The zero-order chi connectivity index (χ0) is 23.2. The van der Waals surface area contributed by atoms with E-state index in [1.807, 2.05) is 59.2 Å². The molecule has 0 saturated carbocycles. The highest BCUT2D eigenvalue weighted by molar-refractivity contribution is 7.99. The zero-order valence-corrected chi connectivity index (χ0v) is 19.1. The van der Waals surface area contributed by atoms with Gasteiger partial charge in [-0.25, -0.2) is 4.39 Å². The second kappa shape index (κ2) is 10.3. The van der Waals surface area contributed by atoms with Crippen molar-refractivity contribution < 1.29 is 13.9 Å². The molecule has 0 aliphatic rings. The van der Waals surface area contributed by atoms with Crippen LogP contribution in [0.1, 0.15) is 5.56 Å². The molecule has 1 heterocycles. The van der Waals surface area contributed by atoms with Crippen molar-refractivity contribution in [2.45, 2.75) is 11.7 Å². The van der Waals surface area contributed by atoms with Gasteiger partial charge in [-0.2, -0.15) is 0 Å². The van der Waals surface area contributed by atoms with Gasteiger partial charge in [-0.05, 0) is 54.1 Å². The number of carbonyl (C=O) groups excluding carboxylic acids is 1. The molecule has 0 saturated heterocycles. The number of thioether (sulfide) groups is 1. The van der Waals surface area contributed by atoms with Crippen molar-refractivity contribution in [1.29, 1.82) is 0 Å². The van der Waals surface area contributed by atoms with Crippen molar-refractivity contribution in [2.75, 3.05) is 19.9 Å². The summed E-state index contributed by atoms with van der Waals surface area (Å²) in [6.07, 6.45) is 0. The zero-order valence-electron chi connectivity index (χ0n) is 18.3. The monoisotopic (exact) mass is 462 g/mol. The maximum atomic E-state index is 13.4. The van der Waals surface area contributed by atoms with Gasteiger partial charge >= 0.3 is 0 Å². The fraction of sp³-hybridized carbons (Fsp3) is 0.160. The van der Waals surface area contributed by atoms with Gasteiger partial charge < -0.3 is 9.64 Å². The van der Waals surface area contributed by atoms with Gasteiger partial charge in [0.1, 0.15) is 11.6 Å². The largest absolute Gasteiger partial charge is 0.497 e. The Hall–Kier alpha value is -3.65. The van der Waals surface area contributed by atoms with Crippen LogP contribution in [0.15, 0.2) is 84.0 Å². The third-order valence-corrected chi connectivity index (χ3v) is 5.99. The van der Waals surface area contributed by atoms with Crippen molar-refractivity contribution in [3.8, 4) is 22.8 Å². The van der Waals surface area contributed by atoms with Crippen LogP contribution in [-0.2, 0) is 11.3 Å². The highest BCUT2D eigenvalue weighted by Gasteiger charge is 2.18. The molecular weight excluding hydrogens is 439 g/mol. The Morgan fingerprint density at radius 3 is 2.36 bits per heavy atom. The van der Waals surface area contributed by atoms with Crippen molar-refractivity contribution in [3.05, 3.63) is 90.2 Å². The average Bonchev–Trinajstić information content (AvgIpc) is 3.28. The number of carbonyl (C=O) groups is 1. The van der Waals surface area contributed by atoms with E-state index in [0.29, 0.717) is 17.5 Å². The molecule has 168 valence electrons. The van der Waals surface area contributed by atoms with Crippen LogP contribution in [0.5, 0.6) is 5.75 Å². The molecule has 0 fully saturated rings. The van der Waals surface area contributed by atoms with E-state index >= 15 is 0 Å². The van der Waals surface area contributed by atoms with Gasteiger partial charge in [0.05, 0.1) is 12.9 Å². The lowest BCUT2D eigenvalue weighted by Gasteiger charge is -2.17. The predicted molar refractivity (Wildman–Crippen MR) is 127 cm³/mol. The molecule has 1 aromatic heterocycles. The number of halogens is 1. The molecule has 6 nitrogen and oxygen atoms in total. The third-order valence-electron chi connectivity index (χ3n) is 5.08. The number of benzene rings is 3. The summed E-state index contributed by atoms with van der Waals surface area (Å²) in [5, 5.41) is 9.25. The summed E-state index contributed by atoms with van der Waals surface area (Å²) >= 11 is 1.32. The first-order valence-corrected chi connectivity index (χ1v) is 11.3. The highest BCUT2D eigenvalue weighted by atomic mass is 32.2. The Kier molecular flexibility index (Phi) is 7.04. The maximum absolute atomic E-state index is 13.4. The fourth-order valence-corrected chi connectivity index (χ4v) is 4.18. The third kappa shape index (κ3) is 5.40. The second-order valence-electron chi connectivity index (χ2n) is 7.37. The second-order valence-corrected chi connectivity index (χ2v) is 8.31. The van der Waals surface area contributed by atoms with Crippen LogP contribution in [0.2, 0.25) is 0 Å². The normalized spacial score (nSPS) is 10.8. The lowest BCUT2D eigenvalue weighted by Crippen LogP contribution is -2.27. The number of aromatic nitrogens is 3. The molecule has 0 N–H and O–H groups in total. The first-order valence-electron chi connectivity index (χ1n) is 10.3. The molecule has 0 radical (unpaired) electrons. The molecule has 0 unspecified atom stereocenters. The number of hydrogen-bond acceptors (Lipinski definition) is 5. The Morgan fingerprint density at radius 2 is 1.70 bits per heavy atom. The van der Waals surface area contributed by atoms with E-state index in [-0.39, 0.29) is 17.5 Å². The summed E-state index contributed by atoms with van der Waals surface area (Å²) < 4.78 is 20.5. The topological polar surface area (TPSA) is 60.2 Å². The molecule has 4 rings (SSSR count). The van der Waals surface area contributed by atoms with Crippen LogP contribution in [-0.4, -0.2) is 45.5 Å². The molecule has 0 bridgehead atoms. The van der Waals surface area contributed by atoms with Crippen molar-refractivity contribution >= 4 is 17.7 Å². The Labute approximate surface area is 196 Å². The minimum atomic E-state index is -0.315. The van der Waals surface area contributed by atoms with Crippen LogP contribution < -0.4 is 4.74 Å². The number of methoxy groups -OCH3 is 1. The molecule has 4 aromatic rings. The molecule has 33 heavy (non-hydrogen) atoms. The summed E-state index contributed by atoms with van der Waals surface area (Å²) in [4.78, 5) is 14.5. The number of ether oxygens (including phenoxy) is 1. The maximum Gasteiger partial charge on any atom is 0.233 e. The van der Waals surface area contributed by atoms with Crippen LogP contribution >= 0.6 is 11.8 Å². The Bertz CT molecular complexity index is 1210. The summed E-state index contributed by atoms with van der Waals surface area (Å²) in [7, 11) is 3.40. The summed E-state index contributed by atoms with van der Waals surface area (Å²) in [6, 6.07) is 23.4. The Morgan fingerprint density at radius 1 is 1.00 bits per heavy atom. The highest BCUT2D eigenvalue weighted by Crippen LogP contribution is 2.28. The van der Waals surface area contributed by atoms with Crippen molar-refractivity contribution in [3.63, 3.8) is 0 Å². The average molecular weight is 463 g/mol. The quantitative estimate of drug-likeness (QED) is 0.351. The van der Waals surface area contributed by atoms with Gasteiger partial charge in [0.15, 0.2) is 11.0 Å². The molecule has 0 aliphatic carbocycles. The number of rotatable bonds is 8. The van der Waals surface area contributed by atoms with E-state index in [0.717, 1.165) is 22.6 Å². The van der Waals surface area contributed by atoms with Crippen molar-refractivity contribution in [1.82, 2.24) is 19.7 Å². The lowest BCUT2D eigenvalue weighted by atomic mass is 10.2. The van der Waals surface area contributed by atoms with Crippen LogP contribution in [0.25, 0.3) is 17.1 Å². The van der Waals surface area contributed by atoms with Crippen molar-refractivity contribution in [2.24, 2.45) is 0 Å². The minimum absolute atomic E-state index is 0.0261. The van der Waals surface area contributed by atoms with Crippen LogP contribution in [0.3, 0.4) is 0 Å². The minimum Gasteiger partial charge on any atom is -0.497 e. The molecule has 8 heteroatoms. The smallest absolute Gasteiger partial charge is 0.233 e. The van der Waals surface area contributed by atoms with E-state index in [2.05, 4.69) is 10.2 Å². The molecule has 1 amide bonds. The predicted octanol–water partition coefficient (Wildman–Crippen LogP) is 4.83. The standard InChI is InChI=1S/C25H23FN4O2S/c1-29(16-18-8-14-22(32-2)15-9-18)23(31)17-33-25-28-27-24(19-10-12-20(26)13-11-19)30(25)21-6-4-3-5-7-21/h3-15H,16-17H2,1-2H3. The summed E-state index contributed by atoms with van der Waals surface area (Å²) in [5.41, 5.74) is 2.62. The molecular formula is C25H23FN4O2S. The molecule has 0 spiro atoms. The first-order chi connectivity index (χ1) is 16.0. The van der Waals surface area contributed by atoms with Gasteiger partial charge in [-0.15, -0.1) is 10.2 Å². The lowest BCUT2D eigenvalue weighted by molar-refractivity contribution is -0.127. The number of para-hydroxylation sites is 1. The summed E-state index contributed by atoms with van der Waals surface area (Å²) in [5.74, 6) is 1.23. The Balaban J connectivity index is 1.51. The van der Waals surface area contributed by atoms with E-state index in [1.165, 1.54) is 23.9 Å². The first kappa shape index (κ1) is 22.5. The molecule has 0 aliphatic heterocycles. The molecule has 0 atom stereocenters. The number of hydrogen-bond donors (Lipinski definition) is 0. The fourth-order valence-electron chi connectivity index (χ4n) is 3.29. The van der Waals surface area contributed by atoms with E-state index in [1.54, 1.807) is 31.2 Å². The van der Waals surface area contributed by atoms with Gasteiger partial charge in [0, 0.05) is 24.8 Å². The van der Waals surface area contributed by atoms with Crippen LogP contribution in [0, 0.1) is 5.82 Å². The van der Waals surface area contributed by atoms with Gasteiger partial charge in [0.25, 0.3) is 0 Å². The van der Waals surface area contributed by atoms with Gasteiger partial charge in [-0.1, -0.05) is 42.1 Å². The SMILES string of the molecule is COc1ccc(CN(C)C(=O)CSc2nnc(-c3ccc(F)cc3)n2-c2ccccc2)cc1. The number of nitrogens with zero attached hydrogens (tertiary/aromatic N) is 4.